The van der Waals surface area contributed by atoms with Crippen molar-refractivity contribution in [1.82, 2.24) is 0 Å². The van der Waals surface area contributed by atoms with Crippen molar-refractivity contribution in [1.29, 1.82) is 0 Å². The average molecular weight is 555 g/mol. The molecule has 3 heteroatoms. The van der Waals surface area contributed by atoms with Crippen LogP contribution >= 0.6 is 0 Å². The number of aromatic hydroxyl groups is 1. The lowest BCUT2D eigenvalue weighted by Gasteiger charge is -2.41. The number of aromatic carboxylic acids is 1. The molecule has 0 aliphatic rings. The van der Waals surface area contributed by atoms with Crippen LogP contribution in [-0.2, 0) is 11.8 Å². The predicted octanol–water partition coefficient (Wildman–Crippen LogP) is 8.91. The lowest BCUT2D eigenvalue weighted by atomic mass is 9.61. The largest absolute Gasteiger partial charge is 0.507 e. The monoisotopic (exact) mass is 554 g/mol. The van der Waals surface area contributed by atoms with Crippen LogP contribution in [0.3, 0.4) is 0 Å². The summed E-state index contributed by atoms with van der Waals surface area (Å²) >= 11 is 0. The maximum absolute atomic E-state index is 12.7. The molecule has 5 aromatic rings. The fraction of sp³-hybridized carbons (Fsp3) is 0.205. The zero-order chi connectivity index (χ0) is 30.2. The van der Waals surface area contributed by atoms with E-state index in [4.69, 9.17) is 0 Å². The zero-order valence-electron chi connectivity index (χ0n) is 25.2. The first kappa shape index (κ1) is 28.9. The summed E-state index contributed by atoms with van der Waals surface area (Å²) in [5, 5.41) is 21.7. The van der Waals surface area contributed by atoms with Gasteiger partial charge in [0.25, 0.3) is 0 Å². The summed E-state index contributed by atoms with van der Waals surface area (Å²) in [5.41, 5.74) is 11.7. The number of carboxylic acids is 1. The molecule has 2 N–H and O–H groups in total. The third-order valence-electron chi connectivity index (χ3n) is 9.12. The van der Waals surface area contributed by atoms with Crippen molar-refractivity contribution < 1.29 is 15.0 Å². The Morgan fingerprint density at radius 3 is 1.50 bits per heavy atom. The Bertz CT molecular complexity index is 1670. The second-order valence-corrected chi connectivity index (χ2v) is 11.5. The molecular formula is C39H38O3. The molecule has 0 atom stereocenters. The fourth-order valence-corrected chi connectivity index (χ4v) is 6.40. The van der Waals surface area contributed by atoms with Gasteiger partial charge in [-0.3, -0.25) is 0 Å². The molecule has 0 fully saturated rings. The van der Waals surface area contributed by atoms with Crippen LogP contribution in [0.2, 0.25) is 0 Å². The van der Waals surface area contributed by atoms with E-state index in [1.54, 1.807) is 6.07 Å². The number of carboxylic acid groups (broad SMARTS) is 1. The van der Waals surface area contributed by atoms with Gasteiger partial charge in [-0.1, -0.05) is 91.0 Å². The minimum atomic E-state index is -1.15. The van der Waals surface area contributed by atoms with Crippen molar-refractivity contribution in [2.45, 2.75) is 53.4 Å². The molecule has 0 aliphatic carbocycles. The van der Waals surface area contributed by atoms with E-state index in [-0.39, 0.29) is 11.3 Å². The highest BCUT2D eigenvalue weighted by Gasteiger charge is 2.43. The van der Waals surface area contributed by atoms with Crippen LogP contribution in [0.1, 0.15) is 77.1 Å². The van der Waals surface area contributed by atoms with E-state index in [0.717, 1.165) is 61.2 Å². The molecule has 0 aromatic heterocycles. The number of hydrogen-bond acceptors (Lipinski definition) is 2. The normalized spacial score (nSPS) is 11.5. The van der Waals surface area contributed by atoms with Gasteiger partial charge in [-0.15, -0.1) is 0 Å². The van der Waals surface area contributed by atoms with Crippen molar-refractivity contribution in [2.75, 3.05) is 0 Å². The van der Waals surface area contributed by atoms with Gasteiger partial charge < -0.3 is 10.2 Å². The molecule has 0 saturated carbocycles. The average Bonchev–Trinajstić information content (AvgIpc) is 2.97. The second kappa shape index (κ2) is 11.3. The number of benzene rings is 5. The van der Waals surface area contributed by atoms with Gasteiger partial charge in [0, 0.05) is 6.42 Å². The summed E-state index contributed by atoms with van der Waals surface area (Å²) in [6, 6.07) is 32.8. The van der Waals surface area contributed by atoms with Crippen molar-refractivity contribution >= 4 is 5.97 Å². The Balaban J connectivity index is 2.03. The minimum Gasteiger partial charge on any atom is -0.507 e. The first-order valence-electron chi connectivity index (χ1n) is 14.4. The van der Waals surface area contributed by atoms with Gasteiger partial charge in [-0.05, 0) is 114 Å². The number of phenols is 1. The quantitative estimate of drug-likeness (QED) is 0.198. The van der Waals surface area contributed by atoms with Crippen LogP contribution in [0.25, 0.3) is 0 Å². The minimum absolute atomic E-state index is 0.0938. The van der Waals surface area contributed by atoms with E-state index in [2.05, 4.69) is 96.1 Å². The maximum atomic E-state index is 12.7. The molecule has 0 unspecified atom stereocenters. The smallest absolute Gasteiger partial charge is 0.339 e. The van der Waals surface area contributed by atoms with Gasteiger partial charge in [0.05, 0.1) is 5.41 Å². The highest BCUT2D eigenvalue weighted by molar-refractivity contribution is 5.92. The molecular weight excluding hydrogens is 516 g/mol. The topological polar surface area (TPSA) is 57.5 Å². The highest BCUT2D eigenvalue weighted by atomic mass is 16.4. The lowest BCUT2D eigenvalue weighted by molar-refractivity contribution is 0.0693. The van der Waals surface area contributed by atoms with Crippen LogP contribution in [0.4, 0.5) is 0 Å². The van der Waals surface area contributed by atoms with Crippen LogP contribution in [0, 0.1) is 41.5 Å². The Hall–Kier alpha value is -4.63. The number of carbonyl (C=O) groups is 1. The van der Waals surface area contributed by atoms with Crippen LogP contribution in [0.15, 0.2) is 97.1 Å². The van der Waals surface area contributed by atoms with Gasteiger partial charge in [0.15, 0.2) is 0 Å². The summed E-state index contributed by atoms with van der Waals surface area (Å²) in [4.78, 5) is 12.7. The van der Waals surface area contributed by atoms with Crippen molar-refractivity contribution in [3.05, 3.63) is 169 Å². The highest BCUT2D eigenvalue weighted by Crippen LogP contribution is 2.50. The SMILES string of the molecule is Cc1cccc(C(c2cc(Cc3ccccc3)c(O)c(C(=O)O)c2)(c2cccc(C)c2C)c2cccc(C)c2C)c1C. The summed E-state index contributed by atoms with van der Waals surface area (Å²) in [5.74, 6) is -1.34. The van der Waals surface area contributed by atoms with Gasteiger partial charge >= 0.3 is 5.97 Å². The molecule has 212 valence electrons. The van der Waals surface area contributed by atoms with Gasteiger partial charge in [0.2, 0.25) is 0 Å². The molecule has 5 aromatic carbocycles. The molecule has 0 aliphatic heterocycles. The Morgan fingerprint density at radius 2 is 1.07 bits per heavy atom. The lowest BCUT2D eigenvalue weighted by Crippen LogP contribution is -2.34. The molecule has 0 spiro atoms. The van der Waals surface area contributed by atoms with Gasteiger partial charge in [0.1, 0.15) is 11.3 Å². The molecule has 0 amide bonds. The second-order valence-electron chi connectivity index (χ2n) is 11.5. The first-order chi connectivity index (χ1) is 20.1. The van der Waals surface area contributed by atoms with Crippen LogP contribution < -0.4 is 0 Å². The standard InChI is InChI=1S/C39H38O3/c1-24-13-10-18-34(27(24)4)39(35-19-11-14-25(2)28(35)5,36-20-12-15-26(3)29(36)6)32-22-31(21-30-16-8-7-9-17-30)37(40)33(23-32)38(41)42/h7-20,22-23,40H,21H2,1-6H3,(H,41,42). The van der Waals surface area contributed by atoms with E-state index < -0.39 is 11.4 Å². The number of rotatable bonds is 7. The van der Waals surface area contributed by atoms with E-state index in [9.17, 15) is 15.0 Å². The zero-order valence-corrected chi connectivity index (χ0v) is 25.2. The predicted molar refractivity (Wildman–Crippen MR) is 171 cm³/mol. The van der Waals surface area contributed by atoms with Crippen LogP contribution in [0.5, 0.6) is 5.75 Å². The van der Waals surface area contributed by atoms with E-state index in [1.165, 1.54) is 0 Å². The van der Waals surface area contributed by atoms with E-state index in [1.807, 2.05) is 36.4 Å². The van der Waals surface area contributed by atoms with E-state index >= 15 is 0 Å². The first-order valence-corrected chi connectivity index (χ1v) is 14.4. The molecule has 0 saturated heterocycles. The third-order valence-corrected chi connectivity index (χ3v) is 9.12. The number of aryl methyl sites for hydroxylation is 3. The summed E-state index contributed by atoms with van der Waals surface area (Å²) in [7, 11) is 0. The maximum Gasteiger partial charge on any atom is 0.339 e. The Kier molecular flexibility index (Phi) is 7.79. The number of hydrogen-bond donors (Lipinski definition) is 2. The van der Waals surface area contributed by atoms with Crippen LogP contribution in [-0.4, -0.2) is 16.2 Å². The third kappa shape index (κ3) is 4.79. The summed E-state index contributed by atoms with van der Waals surface area (Å²) in [6.07, 6.45) is 0.406. The Labute approximate surface area is 249 Å². The molecule has 5 rings (SSSR count). The van der Waals surface area contributed by atoms with Crippen molar-refractivity contribution in [3.63, 3.8) is 0 Å². The molecule has 0 radical (unpaired) electrons. The van der Waals surface area contributed by atoms with Gasteiger partial charge in [-0.2, -0.15) is 0 Å². The summed E-state index contributed by atoms with van der Waals surface area (Å²) < 4.78 is 0. The molecule has 0 heterocycles. The Morgan fingerprint density at radius 1 is 0.619 bits per heavy atom. The summed E-state index contributed by atoms with van der Waals surface area (Å²) in [6.45, 7) is 12.8. The van der Waals surface area contributed by atoms with Gasteiger partial charge in [-0.25, -0.2) is 4.79 Å². The van der Waals surface area contributed by atoms with Crippen molar-refractivity contribution in [2.24, 2.45) is 0 Å². The molecule has 0 bridgehead atoms. The van der Waals surface area contributed by atoms with Crippen molar-refractivity contribution in [3.8, 4) is 5.75 Å². The fourth-order valence-electron chi connectivity index (χ4n) is 6.40. The molecule has 3 nitrogen and oxygen atoms in total. The molecule has 42 heavy (non-hydrogen) atoms. The van der Waals surface area contributed by atoms with E-state index in [0.29, 0.717) is 12.0 Å².